The van der Waals surface area contributed by atoms with E-state index >= 15 is 0 Å². The summed E-state index contributed by atoms with van der Waals surface area (Å²) in [6.45, 7) is 5.76. The lowest BCUT2D eigenvalue weighted by Crippen LogP contribution is -2.32. The second-order valence-corrected chi connectivity index (χ2v) is 4.50. The van der Waals surface area contributed by atoms with Crippen molar-refractivity contribution < 1.29 is 9.53 Å². The second-order valence-electron chi connectivity index (χ2n) is 3.64. The third-order valence-corrected chi connectivity index (χ3v) is 1.78. The molecule has 0 saturated heterocycles. The summed E-state index contributed by atoms with van der Waals surface area (Å²) >= 11 is 1.27. The SMILES string of the molecule is CC(C)(C)OC(=O)NCc1nn[c]s1. The number of amides is 1. The zero-order chi connectivity index (χ0) is 10.6. The molecular weight excluding hydrogens is 202 g/mol. The second kappa shape index (κ2) is 4.36. The molecule has 1 heterocycles. The van der Waals surface area contributed by atoms with Crippen molar-refractivity contribution in [2.75, 3.05) is 0 Å². The predicted octanol–water partition coefficient (Wildman–Crippen LogP) is 1.36. The van der Waals surface area contributed by atoms with E-state index in [0.29, 0.717) is 11.6 Å². The minimum Gasteiger partial charge on any atom is -0.444 e. The minimum absolute atomic E-state index is 0.329. The van der Waals surface area contributed by atoms with Gasteiger partial charge in [0.2, 0.25) is 0 Å². The van der Waals surface area contributed by atoms with Gasteiger partial charge in [-0.15, -0.1) is 10.2 Å². The number of hydrogen-bond acceptors (Lipinski definition) is 5. The van der Waals surface area contributed by atoms with E-state index in [1.807, 2.05) is 20.8 Å². The predicted molar refractivity (Wildman–Crippen MR) is 51.8 cm³/mol. The van der Waals surface area contributed by atoms with E-state index in [1.54, 1.807) is 0 Å². The van der Waals surface area contributed by atoms with Gasteiger partial charge >= 0.3 is 6.09 Å². The largest absolute Gasteiger partial charge is 0.444 e. The highest BCUT2D eigenvalue weighted by atomic mass is 32.1. The van der Waals surface area contributed by atoms with Crippen molar-refractivity contribution in [1.29, 1.82) is 0 Å². The van der Waals surface area contributed by atoms with Crippen LogP contribution < -0.4 is 5.32 Å². The molecule has 1 aromatic heterocycles. The fourth-order valence-electron chi connectivity index (χ4n) is 0.703. The van der Waals surface area contributed by atoms with Gasteiger partial charge in [0.05, 0.1) is 6.54 Å². The highest BCUT2D eigenvalue weighted by Crippen LogP contribution is 2.07. The number of ether oxygens (including phenoxy) is 1. The van der Waals surface area contributed by atoms with E-state index in [4.69, 9.17) is 4.74 Å². The molecule has 1 radical (unpaired) electrons. The highest BCUT2D eigenvalue weighted by molar-refractivity contribution is 7.08. The fourth-order valence-corrected chi connectivity index (χ4v) is 1.12. The average Bonchev–Trinajstić information content (AvgIpc) is 2.49. The third-order valence-electron chi connectivity index (χ3n) is 1.15. The van der Waals surface area contributed by atoms with Crippen LogP contribution >= 0.6 is 11.3 Å². The molecule has 77 valence electrons. The number of alkyl carbamates (subject to hydrolysis) is 1. The summed E-state index contributed by atoms with van der Waals surface area (Å²) in [4.78, 5) is 11.2. The summed E-state index contributed by atoms with van der Waals surface area (Å²) in [6.07, 6.45) is -0.451. The van der Waals surface area contributed by atoms with Gasteiger partial charge in [0.1, 0.15) is 10.6 Å². The quantitative estimate of drug-likeness (QED) is 0.807. The maximum atomic E-state index is 11.2. The van der Waals surface area contributed by atoms with Crippen molar-refractivity contribution >= 4 is 17.4 Å². The lowest BCUT2D eigenvalue weighted by Gasteiger charge is -2.19. The molecule has 0 aliphatic carbocycles. The van der Waals surface area contributed by atoms with Crippen LogP contribution in [-0.4, -0.2) is 21.9 Å². The van der Waals surface area contributed by atoms with E-state index < -0.39 is 11.7 Å². The standard InChI is InChI=1S/C8H12N3O2S/c1-8(2,3)13-7(12)9-4-6-11-10-5-14-6/h4H2,1-3H3,(H,9,12). The Kier molecular flexibility index (Phi) is 3.40. The molecule has 0 saturated carbocycles. The zero-order valence-electron chi connectivity index (χ0n) is 8.33. The molecule has 1 N–H and O–H groups in total. The normalized spacial score (nSPS) is 11.1. The molecule has 0 bridgehead atoms. The van der Waals surface area contributed by atoms with Crippen molar-refractivity contribution in [2.24, 2.45) is 0 Å². The van der Waals surface area contributed by atoms with Gasteiger partial charge in [-0.1, -0.05) is 11.3 Å². The molecule has 0 aliphatic heterocycles. The van der Waals surface area contributed by atoms with Crippen LogP contribution in [0.4, 0.5) is 4.79 Å². The number of rotatable bonds is 2. The number of carbonyl (C=O) groups excluding carboxylic acids is 1. The van der Waals surface area contributed by atoms with Crippen LogP contribution in [0.5, 0.6) is 0 Å². The first-order chi connectivity index (χ1) is 6.47. The fraction of sp³-hybridized carbons (Fsp3) is 0.625. The molecule has 0 unspecified atom stereocenters. The number of hydrogen-bond donors (Lipinski definition) is 1. The first-order valence-electron chi connectivity index (χ1n) is 4.12. The highest BCUT2D eigenvalue weighted by Gasteiger charge is 2.15. The number of nitrogens with zero attached hydrogens (tertiary/aromatic N) is 2. The first kappa shape index (κ1) is 10.9. The van der Waals surface area contributed by atoms with Gasteiger partial charge in [0.25, 0.3) is 0 Å². The van der Waals surface area contributed by atoms with Gasteiger partial charge in [-0.3, -0.25) is 0 Å². The van der Waals surface area contributed by atoms with Crippen LogP contribution in [0.3, 0.4) is 0 Å². The Morgan fingerprint density at radius 2 is 2.36 bits per heavy atom. The minimum atomic E-state index is -0.475. The molecule has 14 heavy (non-hydrogen) atoms. The van der Waals surface area contributed by atoms with Gasteiger partial charge in [-0.25, -0.2) is 4.79 Å². The summed E-state index contributed by atoms with van der Waals surface area (Å²) in [5, 5.41) is 10.5. The van der Waals surface area contributed by atoms with Crippen LogP contribution in [0.25, 0.3) is 0 Å². The van der Waals surface area contributed by atoms with Crippen LogP contribution in [-0.2, 0) is 11.3 Å². The van der Waals surface area contributed by atoms with Crippen molar-refractivity contribution in [1.82, 2.24) is 15.5 Å². The number of carbonyl (C=O) groups is 1. The van der Waals surface area contributed by atoms with Gasteiger partial charge in [0.15, 0.2) is 5.51 Å². The summed E-state index contributed by atoms with van der Waals surface area (Å²) in [6, 6.07) is 0. The molecule has 5 nitrogen and oxygen atoms in total. The maximum absolute atomic E-state index is 11.2. The zero-order valence-corrected chi connectivity index (χ0v) is 9.14. The Morgan fingerprint density at radius 3 is 2.86 bits per heavy atom. The summed E-state index contributed by atoms with van der Waals surface area (Å²) in [5.41, 5.74) is 2.12. The molecule has 0 atom stereocenters. The number of nitrogens with one attached hydrogen (secondary N) is 1. The average molecular weight is 214 g/mol. The van der Waals surface area contributed by atoms with Crippen molar-refractivity contribution in [3.05, 3.63) is 10.5 Å². The van der Waals surface area contributed by atoms with Gasteiger partial charge in [-0.05, 0) is 20.8 Å². The molecule has 0 aromatic carbocycles. The van der Waals surface area contributed by atoms with E-state index in [2.05, 4.69) is 21.0 Å². The van der Waals surface area contributed by atoms with Crippen LogP contribution in [0.2, 0.25) is 0 Å². The summed E-state index contributed by atoms with van der Waals surface area (Å²) in [5.74, 6) is 0. The van der Waals surface area contributed by atoms with Crippen molar-refractivity contribution in [2.45, 2.75) is 32.9 Å². The van der Waals surface area contributed by atoms with Gasteiger partial charge < -0.3 is 10.1 Å². The van der Waals surface area contributed by atoms with Crippen LogP contribution in [0.1, 0.15) is 25.8 Å². The molecule has 0 fully saturated rings. The van der Waals surface area contributed by atoms with Gasteiger partial charge in [0, 0.05) is 0 Å². The van der Waals surface area contributed by atoms with Crippen molar-refractivity contribution in [3.8, 4) is 0 Å². The first-order valence-corrected chi connectivity index (χ1v) is 4.94. The Labute approximate surface area is 86.5 Å². The van der Waals surface area contributed by atoms with Crippen molar-refractivity contribution in [3.63, 3.8) is 0 Å². The van der Waals surface area contributed by atoms with E-state index in [-0.39, 0.29) is 0 Å². The lowest BCUT2D eigenvalue weighted by atomic mass is 10.2. The topological polar surface area (TPSA) is 64.1 Å². The smallest absolute Gasteiger partial charge is 0.408 e. The third kappa shape index (κ3) is 4.18. The van der Waals surface area contributed by atoms with Gasteiger partial charge in [-0.2, -0.15) is 0 Å². The maximum Gasteiger partial charge on any atom is 0.408 e. The van der Waals surface area contributed by atoms with Crippen LogP contribution in [0.15, 0.2) is 0 Å². The molecule has 1 amide bonds. The monoisotopic (exact) mass is 214 g/mol. The summed E-state index contributed by atoms with van der Waals surface area (Å²) < 4.78 is 5.03. The molecule has 0 aliphatic rings. The van der Waals surface area contributed by atoms with Crippen LogP contribution in [0, 0.1) is 5.51 Å². The number of aromatic nitrogens is 2. The Bertz CT molecular complexity index is 292. The lowest BCUT2D eigenvalue weighted by molar-refractivity contribution is 0.0523. The Morgan fingerprint density at radius 1 is 1.64 bits per heavy atom. The summed E-state index contributed by atoms with van der Waals surface area (Å²) in [7, 11) is 0. The molecular formula is C8H12N3O2S. The van der Waals surface area contributed by atoms with E-state index in [0.717, 1.165) is 0 Å². The van der Waals surface area contributed by atoms with E-state index in [9.17, 15) is 4.79 Å². The Hall–Kier alpha value is -1.17. The van der Waals surface area contributed by atoms with E-state index in [1.165, 1.54) is 11.3 Å². The molecule has 6 heteroatoms. The molecule has 1 aromatic rings. The molecule has 1 rings (SSSR count). The molecule has 0 spiro atoms. The Balaban J connectivity index is 2.29.